The molecule has 7 nitrogen and oxygen atoms in total. The third kappa shape index (κ3) is 3.66. The van der Waals surface area contributed by atoms with E-state index >= 15 is 0 Å². The van der Waals surface area contributed by atoms with Crippen molar-refractivity contribution in [3.8, 4) is 0 Å². The standard InChI is InChI=1S/C21H27N5O2/c1-16-11-18(24(2)23-16)20(28)25-10-4-7-21(14-25)8-6-19(27)26(15-21)13-17-5-3-9-22-12-17/h3,5,9,11-12H,4,6-8,10,13-15H2,1-2H3/t21-/m1/s1. The maximum Gasteiger partial charge on any atom is 0.272 e. The van der Waals surface area contributed by atoms with Crippen molar-refractivity contribution in [2.75, 3.05) is 19.6 Å². The Labute approximate surface area is 165 Å². The van der Waals surface area contributed by atoms with Gasteiger partial charge in [-0.25, -0.2) is 0 Å². The Bertz CT molecular complexity index is 878. The van der Waals surface area contributed by atoms with E-state index in [2.05, 4.69) is 10.1 Å². The molecule has 0 bridgehead atoms. The molecule has 2 aromatic rings. The molecular formula is C21H27N5O2. The number of nitrogens with zero attached hydrogens (tertiary/aromatic N) is 5. The summed E-state index contributed by atoms with van der Waals surface area (Å²) in [7, 11) is 1.81. The minimum Gasteiger partial charge on any atom is -0.338 e. The molecule has 0 unspecified atom stereocenters. The third-order valence-electron chi connectivity index (χ3n) is 6.01. The Hall–Kier alpha value is -2.70. The Morgan fingerprint density at radius 1 is 1.29 bits per heavy atom. The van der Waals surface area contributed by atoms with Crippen molar-refractivity contribution < 1.29 is 9.59 Å². The maximum atomic E-state index is 13.1. The number of carbonyl (C=O) groups excluding carboxylic acids is 2. The normalized spacial score (nSPS) is 22.7. The van der Waals surface area contributed by atoms with Crippen molar-refractivity contribution in [3.63, 3.8) is 0 Å². The van der Waals surface area contributed by atoms with E-state index in [0.717, 1.165) is 37.1 Å². The Morgan fingerprint density at radius 2 is 2.14 bits per heavy atom. The molecule has 0 radical (unpaired) electrons. The average molecular weight is 381 g/mol. The van der Waals surface area contributed by atoms with Crippen LogP contribution < -0.4 is 0 Å². The summed E-state index contributed by atoms with van der Waals surface area (Å²) < 4.78 is 1.66. The molecule has 1 atom stereocenters. The summed E-state index contributed by atoms with van der Waals surface area (Å²) in [6.45, 7) is 4.66. The van der Waals surface area contributed by atoms with Gasteiger partial charge >= 0.3 is 0 Å². The summed E-state index contributed by atoms with van der Waals surface area (Å²) in [5.41, 5.74) is 2.51. The minimum absolute atomic E-state index is 0.0162. The molecule has 2 aromatic heterocycles. The number of amides is 2. The maximum absolute atomic E-state index is 13.1. The van der Waals surface area contributed by atoms with Gasteiger partial charge in [-0.15, -0.1) is 0 Å². The van der Waals surface area contributed by atoms with E-state index in [1.54, 1.807) is 10.9 Å². The van der Waals surface area contributed by atoms with Crippen LogP contribution in [-0.4, -0.2) is 56.0 Å². The van der Waals surface area contributed by atoms with Crippen LogP contribution in [0.3, 0.4) is 0 Å². The van der Waals surface area contributed by atoms with Crippen LogP contribution in [0, 0.1) is 12.3 Å². The summed E-state index contributed by atoms with van der Waals surface area (Å²) in [6.07, 6.45) is 6.98. The number of pyridine rings is 1. The number of piperidine rings is 2. The first kappa shape index (κ1) is 18.7. The molecule has 0 aromatic carbocycles. The molecular weight excluding hydrogens is 354 g/mol. The van der Waals surface area contributed by atoms with Gasteiger partial charge in [0.2, 0.25) is 5.91 Å². The monoisotopic (exact) mass is 381 g/mol. The molecule has 2 fully saturated rings. The van der Waals surface area contributed by atoms with Gasteiger partial charge in [0.05, 0.1) is 5.69 Å². The predicted octanol–water partition coefficient (Wildman–Crippen LogP) is 2.17. The largest absolute Gasteiger partial charge is 0.338 e. The van der Waals surface area contributed by atoms with Crippen molar-refractivity contribution in [2.24, 2.45) is 12.5 Å². The van der Waals surface area contributed by atoms with E-state index in [1.165, 1.54) is 0 Å². The highest BCUT2D eigenvalue weighted by atomic mass is 16.2. The van der Waals surface area contributed by atoms with Gasteiger partial charge < -0.3 is 9.80 Å². The molecule has 2 aliphatic rings. The number of hydrogen-bond acceptors (Lipinski definition) is 4. The fraction of sp³-hybridized carbons (Fsp3) is 0.524. The van der Waals surface area contributed by atoms with Gasteiger partial charge in [-0.2, -0.15) is 5.10 Å². The molecule has 4 heterocycles. The fourth-order valence-corrected chi connectivity index (χ4v) is 4.65. The number of carbonyl (C=O) groups is 2. The molecule has 2 saturated heterocycles. The lowest BCUT2D eigenvalue weighted by Crippen LogP contribution is -2.55. The van der Waals surface area contributed by atoms with E-state index in [4.69, 9.17) is 0 Å². The third-order valence-corrected chi connectivity index (χ3v) is 6.01. The van der Waals surface area contributed by atoms with Gasteiger partial charge in [-0.1, -0.05) is 6.07 Å². The Balaban J connectivity index is 1.50. The summed E-state index contributed by atoms with van der Waals surface area (Å²) in [6, 6.07) is 5.75. The van der Waals surface area contributed by atoms with Gasteiger partial charge in [-0.3, -0.25) is 19.3 Å². The van der Waals surface area contributed by atoms with Gasteiger partial charge in [0.25, 0.3) is 5.91 Å². The summed E-state index contributed by atoms with van der Waals surface area (Å²) in [5.74, 6) is 0.234. The Morgan fingerprint density at radius 3 is 2.86 bits per heavy atom. The van der Waals surface area contributed by atoms with Crippen LogP contribution in [-0.2, 0) is 18.4 Å². The first-order valence-electron chi connectivity index (χ1n) is 9.92. The van der Waals surface area contributed by atoms with E-state index in [1.807, 2.05) is 48.2 Å². The Kier molecular flexibility index (Phi) is 4.91. The number of likely N-dealkylation sites (tertiary alicyclic amines) is 2. The lowest BCUT2D eigenvalue weighted by molar-refractivity contribution is -0.139. The highest BCUT2D eigenvalue weighted by Gasteiger charge is 2.43. The van der Waals surface area contributed by atoms with Gasteiger partial charge in [0.1, 0.15) is 5.69 Å². The second kappa shape index (κ2) is 7.37. The molecule has 2 aliphatic heterocycles. The minimum atomic E-state index is -0.0162. The topological polar surface area (TPSA) is 71.3 Å². The first-order chi connectivity index (χ1) is 13.5. The lowest BCUT2D eigenvalue weighted by Gasteiger charge is -2.48. The van der Waals surface area contributed by atoms with E-state index in [-0.39, 0.29) is 17.2 Å². The molecule has 1 spiro atoms. The van der Waals surface area contributed by atoms with Crippen molar-refractivity contribution in [2.45, 2.75) is 39.2 Å². The number of aromatic nitrogens is 3. The highest BCUT2D eigenvalue weighted by molar-refractivity contribution is 5.92. The van der Waals surface area contributed by atoms with Crippen LogP contribution in [0.5, 0.6) is 0 Å². The molecule has 28 heavy (non-hydrogen) atoms. The van der Waals surface area contributed by atoms with E-state index < -0.39 is 0 Å². The summed E-state index contributed by atoms with van der Waals surface area (Å²) in [5, 5.41) is 4.31. The smallest absolute Gasteiger partial charge is 0.272 e. The van der Waals surface area contributed by atoms with Gasteiger partial charge in [-0.05, 0) is 43.9 Å². The fourth-order valence-electron chi connectivity index (χ4n) is 4.65. The van der Waals surface area contributed by atoms with Crippen molar-refractivity contribution in [3.05, 3.63) is 47.5 Å². The highest BCUT2D eigenvalue weighted by Crippen LogP contribution is 2.39. The predicted molar refractivity (Wildman–Crippen MR) is 104 cm³/mol. The van der Waals surface area contributed by atoms with Gasteiger partial charge in [0, 0.05) is 57.5 Å². The molecule has 0 N–H and O–H groups in total. The van der Waals surface area contributed by atoms with Crippen LogP contribution in [0.2, 0.25) is 0 Å². The lowest BCUT2D eigenvalue weighted by atomic mass is 9.73. The van der Waals surface area contributed by atoms with Gasteiger partial charge in [0.15, 0.2) is 0 Å². The van der Waals surface area contributed by atoms with Crippen molar-refractivity contribution in [1.29, 1.82) is 0 Å². The molecule has 148 valence electrons. The van der Waals surface area contributed by atoms with E-state index in [0.29, 0.717) is 31.7 Å². The number of hydrogen-bond donors (Lipinski definition) is 0. The molecule has 0 saturated carbocycles. The molecule has 4 rings (SSSR count). The molecule has 0 aliphatic carbocycles. The average Bonchev–Trinajstić information content (AvgIpc) is 3.03. The second-order valence-corrected chi connectivity index (χ2v) is 8.24. The molecule has 2 amide bonds. The zero-order valence-electron chi connectivity index (χ0n) is 16.6. The van der Waals surface area contributed by atoms with E-state index in [9.17, 15) is 9.59 Å². The SMILES string of the molecule is Cc1cc(C(=O)N2CCC[C@@]3(CCC(=O)N(Cc4cccnc4)C3)C2)n(C)n1. The second-order valence-electron chi connectivity index (χ2n) is 8.24. The van der Waals surface area contributed by atoms with Crippen LogP contribution in [0.25, 0.3) is 0 Å². The molecule has 7 heteroatoms. The van der Waals surface area contributed by atoms with Crippen molar-refractivity contribution in [1.82, 2.24) is 24.6 Å². The zero-order valence-corrected chi connectivity index (χ0v) is 16.6. The van der Waals surface area contributed by atoms with Crippen LogP contribution in [0.4, 0.5) is 0 Å². The van der Waals surface area contributed by atoms with Crippen molar-refractivity contribution >= 4 is 11.8 Å². The quantitative estimate of drug-likeness (QED) is 0.817. The number of rotatable bonds is 3. The summed E-state index contributed by atoms with van der Waals surface area (Å²) in [4.78, 5) is 33.7. The first-order valence-corrected chi connectivity index (χ1v) is 9.92. The van der Waals surface area contributed by atoms with Crippen LogP contribution >= 0.6 is 0 Å². The zero-order chi connectivity index (χ0) is 19.7. The summed E-state index contributed by atoms with van der Waals surface area (Å²) >= 11 is 0. The number of aryl methyl sites for hydroxylation is 2. The van der Waals surface area contributed by atoms with Crippen LogP contribution in [0.15, 0.2) is 30.6 Å². The van der Waals surface area contributed by atoms with Crippen LogP contribution in [0.1, 0.15) is 47.4 Å².